The van der Waals surface area contributed by atoms with Gasteiger partial charge in [-0.2, -0.15) is 0 Å². The van der Waals surface area contributed by atoms with Crippen LogP contribution in [0.1, 0.15) is 270 Å². The van der Waals surface area contributed by atoms with Crippen LogP contribution in [0.4, 0.5) is 0 Å². The molecule has 0 spiro atoms. The summed E-state index contributed by atoms with van der Waals surface area (Å²) >= 11 is 0. The van der Waals surface area contributed by atoms with E-state index in [2.05, 4.69) is 139 Å². The first-order valence-electron chi connectivity index (χ1n) is 45.0. The molecule has 0 amide bonds. The number of hydrogen-bond acceptors (Lipinski definition) is 17. The summed E-state index contributed by atoms with van der Waals surface area (Å²) in [5.74, 6) is 6.55. The highest BCUT2D eigenvalue weighted by Gasteiger charge is 2.62. The van der Waals surface area contributed by atoms with Gasteiger partial charge in [-0.15, -0.1) is 0 Å². The maximum Gasteiger partial charge on any atom is 0.302 e. The number of aliphatic hydroxyl groups is 4. The number of nitrogens with two attached hydrogens (primary N) is 1. The van der Waals surface area contributed by atoms with Gasteiger partial charge in [-0.05, 0) is 355 Å². The van der Waals surface area contributed by atoms with Crippen molar-refractivity contribution in [2.75, 3.05) is 94.9 Å². The van der Waals surface area contributed by atoms with Gasteiger partial charge in [0.25, 0.3) is 5.97 Å². The largest absolute Gasteiger partial charge is 0.481 e. The zero-order valence-corrected chi connectivity index (χ0v) is 75.2. The number of carbonyl (C=O) groups is 5. The van der Waals surface area contributed by atoms with Gasteiger partial charge in [0.15, 0.2) is 0 Å². The zero-order valence-electron chi connectivity index (χ0n) is 75.2. The number of carboxylic acids is 1. The van der Waals surface area contributed by atoms with E-state index in [1.807, 2.05) is 0 Å². The molecule has 12 rings (SSSR count). The molecule has 12 aliphatic carbocycles. The molecule has 0 aromatic heterocycles. The van der Waals surface area contributed by atoms with Crippen molar-refractivity contribution in [1.82, 2.24) is 14.7 Å². The van der Waals surface area contributed by atoms with E-state index in [0.29, 0.717) is 89.8 Å². The summed E-state index contributed by atoms with van der Waals surface area (Å²) in [5, 5.41) is 47.9. The normalized spacial score (nSPS) is 43.0. The molecule has 18 nitrogen and oxygen atoms in total. The molecule has 0 aromatic carbocycles. The molecule has 0 radical (unpaired) electrons. The van der Waals surface area contributed by atoms with Crippen molar-refractivity contribution in [1.29, 1.82) is 0 Å². The van der Waals surface area contributed by atoms with Crippen LogP contribution in [0, 0.1) is 138 Å². The van der Waals surface area contributed by atoms with Crippen molar-refractivity contribution in [3.8, 4) is 0 Å². The summed E-state index contributed by atoms with van der Waals surface area (Å²) in [6, 6.07) is 0. The minimum absolute atomic E-state index is 0.0292. The van der Waals surface area contributed by atoms with E-state index in [0.717, 1.165) is 135 Å². The quantitative estimate of drug-likeness (QED) is 0.0399. The molecule has 12 aliphatic rings. The van der Waals surface area contributed by atoms with Crippen LogP contribution in [0.3, 0.4) is 0 Å². The van der Waals surface area contributed by atoms with E-state index in [1.54, 1.807) is 0 Å². The molecular weight excluding hydrogens is 1430 g/mol. The Morgan fingerprint density at radius 3 is 0.877 bits per heavy atom. The van der Waals surface area contributed by atoms with Crippen LogP contribution in [0.15, 0.2) is 48.6 Å². The van der Waals surface area contributed by atoms with E-state index < -0.39 is 5.97 Å². The standard InChI is InChI=1S/C26H43NO4.C24H39NO4.2C22H39NO2.C2H4O2/c1-17-8-9-23-22(15-27(6)7)24(11-13-25(17,23)4)26(5)12-10-21(31-19(3)29)14-20(26)16-30-18(2)28;1-15-6-7-21-20(13-25)22(9-11-23(15,21)4)24(5)10-8-19(29-17(3)27)12-18(24)14-28-16(2)26;2*1-15-6-7-19-18(13-23(4)5)20(9-11-21(15,19)2)22(3)10-8-17(25)12-16(22)14-24;1-2(3)4/h20-24H,1,8-16H2,2-7H3;18-22H,1,6-14,25H2,2-5H3;2*16-20,24-25H,1,6-14H2,2-5H3;1H3,(H,3,4)/t20-,21+,22+,23?,24?,25-,26+;18-,19+,20+,21?,22?,23-,24+;2*16-,17+,18+,19?,20?,21-,22+;/m1111./s1. The lowest BCUT2D eigenvalue weighted by atomic mass is 9.49. The summed E-state index contributed by atoms with van der Waals surface area (Å²) in [7, 11) is 13.2. The summed E-state index contributed by atoms with van der Waals surface area (Å²) in [4.78, 5) is 62.4. The number of rotatable bonds is 19. The van der Waals surface area contributed by atoms with Crippen LogP contribution >= 0.6 is 0 Å². The monoisotopic (exact) mass is 1600 g/mol. The minimum atomic E-state index is -0.833. The number of fused-ring (bicyclic) bond motifs is 4. The Morgan fingerprint density at radius 2 is 0.632 bits per heavy atom. The van der Waals surface area contributed by atoms with Gasteiger partial charge in [-0.1, -0.05) is 104 Å². The lowest BCUT2D eigenvalue weighted by Crippen LogP contribution is -2.53. The summed E-state index contributed by atoms with van der Waals surface area (Å²) in [6.07, 6.45) is 29.5. The fourth-order valence-electron chi connectivity index (χ4n) is 28.1. The Bertz CT molecular complexity index is 3210. The van der Waals surface area contributed by atoms with Crippen LogP contribution in [0.5, 0.6) is 0 Å². The molecule has 18 heteroatoms. The van der Waals surface area contributed by atoms with Gasteiger partial charge in [0.1, 0.15) is 12.2 Å². The first-order valence-corrected chi connectivity index (χ1v) is 45.0. The maximum atomic E-state index is 11.6. The van der Waals surface area contributed by atoms with Gasteiger partial charge in [-0.25, -0.2) is 0 Å². The van der Waals surface area contributed by atoms with E-state index in [4.69, 9.17) is 34.6 Å². The Kier molecular flexibility index (Phi) is 32.9. The van der Waals surface area contributed by atoms with Crippen LogP contribution < -0.4 is 5.73 Å². The highest BCUT2D eigenvalue weighted by atomic mass is 16.6. The average Bonchev–Trinajstić information content (AvgIpc) is 1.47. The molecule has 28 atom stereocenters. The van der Waals surface area contributed by atoms with E-state index in [9.17, 15) is 39.6 Å². The van der Waals surface area contributed by atoms with Crippen molar-refractivity contribution in [3.05, 3.63) is 48.6 Å². The van der Waals surface area contributed by atoms with Crippen molar-refractivity contribution < 1.29 is 68.5 Å². The van der Waals surface area contributed by atoms with Gasteiger partial charge in [0.05, 0.1) is 25.4 Å². The summed E-state index contributed by atoms with van der Waals surface area (Å²) in [5.41, 5.74) is 13.7. The third-order valence-electron chi connectivity index (χ3n) is 35.0. The molecular formula is C96H164N4O14. The Labute approximate surface area is 690 Å². The molecule has 7 N–H and O–H groups in total. The second kappa shape index (κ2) is 39.2. The fourth-order valence-corrected chi connectivity index (χ4v) is 28.1. The van der Waals surface area contributed by atoms with Gasteiger partial charge >= 0.3 is 23.9 Å². The second-order valence-electron chi connectivity index (χ2n) is 42.1. The number of hydrogen-bond donors (Lipinski definition) is 6. The average molecular weight is 1600 g/mol. The van der Waals surface area contributed by atoms with Crippen molar-refractivity contribution >= 4 is 29.8 Å². The number of nitrogens with zero attached hydrogens (tertiary/aromatic N) is 3. The first-order chi connectivity index (χ1) is 53.3. The number of carbonyl (C=O) groups excluding carboxylic acids is 4. The molecule has 12 fully saturated rings. The van der Waals surface area contributed by atoms with Gasteiger partial charge in [-0.3, -0.25) is 24.0 Å². The van der Waals surface area contributed by atoms with Gasteiger partial charge in [0, 0.05) is 79.3 Å². The Morgan fingerprint density at radius 1 is 0.377 bits per heavy atom. The summed E-state index contributed by atoms with van der Waals surface area (Å²) < 4.78 is 22.2. The van der Waals surface area contributed by atoms with E-state index in [-0.39, 0.29) is 118 Å². The number of ether oxygens (including phenoxy) is 4. The number of carboxylic acid groups (broad SMARTS) is 1. The highest BCUT2D eigenvalue weighted by molar-refractivity contribution is 5.67. The maximum absolute atomic E-state index is 11.6. The Balaban J connectivity index is 0.000000188. The number of aliphatic carboxylic acids is 1. The summed E-state index contributed by atoms with van der Waals surface area (Å²) in [6.45, 7) is 49.4. The third-order valence-corrected chi connectivity index (χ3v) is 35.0. The van der Waals surface area contributed by atoms with Crippen LogP contribution in [0.25, 0.3) is 0 Å². The van der Waals surface area contributed by atoms with Gasteiger partial charge in [0.2, 0.25) is 0 Å². The SMILES string of the molecule is C=C1CCC2[C@H](CN(C)C)C([C@@]3(C)CC[C@H](O)C[C@@H]3CO)CC[C@]12C.C=C1CCC2[C@H](CN(C)C)C([C@@]3(C)CC[C@H](O)C[C@@H]3CO)CC[C@]12C.C=C1CCC2[C@H](CN(C)C)C([C@@]3(C)CC[C@H](OC(C)=O)C[C@@H]3COC(C)=O)CC[C@]12C.C=C1CCC2[C@H](CN)C([C@@]3(C)CC[C@H](OC(C)=O)C[C@@H]3COC(C)=O)CC[C@]12C.CC(=O)O. The molecule has 0 bridgehead atoms. The predicted octanol–water partition coefficient (Wildman–Crippen LogP) is 16.6. The zero-order chi connectivity index (χ0) is 84.8. The van der Waals surface area contributed by atoms with E-state index >= 15 is 0 Å². The first kappa shape index (κ1) is 95.5. The van der Waals surface area contributed by atoms with Crippen LogP contribution in [-0.4, -0.2) is 189 Å². The van der Waals surface area contributed by atoms with Crippen LogP contribution in [0.2, 0.25) is 0 Å². The topological polar surface area (TPSA) is 259 Å². The molecule has 0 heterocycles. The lowest BCUT2D eigenvalue weighted by molar-refractivity contribution is -0.161. The van der Waals surface area contributed by atoms with Gasteiger partial charge < -0.3 is 64.9 Å². The molecule has 0 saturated heterocycles. The van der Waals surface area contributed by atoms with E-state index in [1.165, 1.54) is 133 Å². The van der Waals surface area contributed by atoms with Crippen molar-refractivity contribution in [3.63, 3.8) is 0 Å². The third kappa shape index (κ3) is 20.8. The Hall–Kier alpha value is -4.01. The lowest BCUT2D eigenvalue weighted by Gasteiger charge is -2.57. The number of allylic oxidation sites excluding steroid dienone is 4. The predicted molar refractivity (Wildman–Crippen MR) is 455 cm³/mol. The smallest absolute Gasteiger partial charge is 0.302 e. The second-order valence-corrected chi connectivity index (χ2v) is 42.1. The minimum Gasteiger partial charge on any atom is -0.481 e. The fraction of sp³-hybridized carbons (Fsp3) is 0.865. The molecule has 0 aliphatic heterocycles. The number of esters is 4. The highest BCUT2D eigenvalue weighted by Crippen LogP contribution is 2.69. The van der Waals surface area contributed by atoms with Crippen LogP contribution in [-0.2, 0) is 42.9 Å². The molecule has 652 valence electrons. The van der Waals surface area contributed by atoms with Crippen molar-refractivity contribution in [2.24, 2.45) is 144 Å². The molecule has 114 heavy (non-hydrogen) atoms. The number of aliphatic hydroxyl groups excluding tert-OH is 4. The molecule has 0 aromatic rings. The molecule has 8 unspecified atom stereocenters. The molecule has 12 saturated carbocycles. The van der Waals surface area contributed by atoms with Crippen molar-refractivity contribution in [2.45, 2.75) is 294 Å².